The molecule has 2 heterocycles. The van der Waals surface area contributed by atoms with Crippen molar-refractivity contribution in [3.8, 4) is 0 Å². The fraction of sp³-hybridized carbons (Fsp3) is 0.471. The highest BCUT2D eigenvalue weighted by Gasteiger charge is 2.32. The summed E-state index contributed by atoms with van der Waals surface area (Å²) < 4.78 is 21.3. The molecule has 10 heteroatoms. The molecule has 1 saturated carbocycles. The van der Waals surface area contributed by atoms with Gasteiger partial charge in [0.1, 0.15) is 5.82 Å². The summed E-state index contributed by atoms with van der Waals surface area (Å²) in [5.41, 5.74) is 0.0748. The Labute approximate surface area is 165 Å². The van der Waals surface area contributed by atoms with Gasteiger partial charge in [-0.05, 0) is 31.0 Å². The van der Waals surface area contributed by atoms with E-state index in [4.69, 9.17) is 16.3 Å². The van der Waals surface area contributed by atoms with Crippen molar-refractivity contribution in [2.75, 3.05) is 42.3 Å². The molecule has 27 heavy (non-hydrogen) atoms. The lowest BCUT2D eigenvalue weighted by molar-refractivity contribution is -0.113. The first-order valence-corrected chi connectivity index (χ1v) is 10.1. The normalized spacial score (nSPS) is 17.2. The third-order valence-corrected chi connectivity index (χ3v) is 5.57. The van der Waals surface area contributed by atoms with Crippen LogP contribution in [0.25, 0.3) is 0 Å². The zero-order valence-corrected chi connectivity index (χ0v) is 16.1. The lowest BCUT2D eigenvalue weighted by atomic mass is 10.3. The Balaban J connectivity index is 1.42. The monoisotopic (exact) mass is 411 g/mol. The number of halogens is 2. The fourth-order valence-electron chi connectivity index (χ4n) is 2.91. The number of aromatic nitrogens is 3. The SMILES string of the molecule is O=C(CSc1nnc(N2CCOCC2)n1C1CC1)Nc1cc(Cl)ccc1F. The van der Waals surface area contributed by atoms with Crippen LogP contribution in [0.4, 0.5) is 16.0 Å². The summed E-state index contributed by atoms with van der Waals surface area (Å²) in [6.07, 6.45) is 2.17. The van der Waals surface area contributed by atoms with Crippen LogP contribution in [0.3, 0.4) is 0 Å². The van der Waals surface area contributed by atoms with Gasteiger partial charge in [0.05, 0.1) is 24.7 Å². The van der Waals surface area contributed by atoms with E-state index in [1.165, 1.54) is 30.0 Å². The molecular weight excluding hydrogens is 393 g/mol. The number of anilines is 2. The number of carbonyl (C=O) groups excluding carboxylic acids is 1. The fourth-order valence-corrected chi connectivity index (χ4v) is 3.88. The van der Waals surface area contributed by atoms with Crippen LogP contribution in [0, 0.1) is 5.82 Å². The summed E-state index contributed by atoms with van der Waals surface area (Å²) in [7, 11) is 0. The van der Waals surface area contributed by atoms with Crippen molar-refractivity contribution in [3.63, 3.8) is 0 Å². The van der Waals surface area contributed by atoms with Crippen molar-refractivity contribution >= 4 is 40.9 Å². The van der Waals surface area contributed by atoms with Gasteiger partial charge in [-0.1, -0.05) is 23.4 Å². The largest absolute Gasteiger partial charge is 0.378 e. The molecule has 1 saturated heterocycles. The maximum Gasteiger partial charge on any atom is 0.234 e. The molecule has 1 aromatic heterocycles. The van der Waals surface area contributed by atoms with E-state index >= 15 is 0 Å². The Bertz CT molecular complexity index is 839. The first-order chi connectivity index (χ1) is 13.1. The van der Waals surface area contributed by atoms with Gasteiger partial charge in [0.15, 0.2) is 5.16 Å². The number of benzene rings is 1. The van der Waals surface area contributed by atoms with E-state index in [0.29, 0.717) is 29.4 Å². The highest BCUT2D eigenvalue weighted by Crippen LogP contribution is 2.41. The number of rotatable bonds is 6. The van der Waals surface area contributed by atoms with E-state index in [0.717, 1.165) is 31.9 Å². The second kappa shape index (κ2) is 8.04. The zero-order chi connectivity index (χ0) is 18.8. The summed E-state index contributed by atoms with van der Waals surface area (Å²) in [6.45, 7) is 2.91. The van der Waals surface area contributed by atoms with Gasteiger partial charge in [0, 0.05) is 24.2 Å². The zero-order valence-electron chi connectivity index (χ0n) is 14.5. The van der Waals surface area contributed by atoms with Gasteiger partial charge in [-0.3, -0.25) is 9.36 Å². The average Bonchev–Trinajstić information content (AvgIpc) is 3.43. The van der Waals surface area contributed by atoms with Crippen molar-refractivity contribution in [3.05, 3.63) is 29.0 Å². The van der Waals surface area contributed by atoms with Crippen LogP contribution in [-0.2, 0) is 9.53 Å². The van der Waals surface area contributed by atoms with Crippen molar-refractivity contribution in [1.82, 2.24) is 14.8 Å². The Hall–Kier alpha value is -1.84. The molecule has 0 spiro atoms. The van der Waals surface area contributed by atoms with E-state index < -0.39 is 5.82 Å². The van der Waals surface area contributed by atoms with Crippen molar-refractivity contribution in [2.24, 2.45) is 0 Å². The summed E-state index contributed by atoms with van der Waals surface area (Å²) in [4.78, 5) is 14.4. The molecule has 0 radical (unpaired) electrons. The molecule has 2 fully saturated rings. The minimum atomic E-state index is -0.520. The average molecular weight is 412 g/mol. The van der Waals surface area contributed by atoms with Gasteiger partial charge >= 0.3 is 0 Å². The number of nitrogens with zero attached hydrogens (tertiary/aromatic N) is 4. The third kappa shape index (κ3) is 4.36. The molecule has 1 N–H and O–H groups in total. The van der Waals surface area contributed by atoms with Gasteiger partial charge in [-0.2, -0.15) is 0 Å². The third-order valence-electron chi connectivity index (χ3n) is 4.39. The van der Waals surface area contributed by atoms with Gasteiger partial charge in [0.25, 0.3) is 0 Å². The Kier molecular flexibility index (Phi) is 5.51. The molecule has 0 unspecified atom stereocenters. The minimum Gasteiger partial charge on any atom is -0.378 e. The van der Waals surface area contributed by atoms with Gasteiger partial charge in [-0.15, -0.1) is 10.2 Å². The first kappa shape index (κ1) is 18.5. The molecular formula is C17H19ClFN5O2S. The maximum absolute atomic E-state index is 13.8. The van der Waals surface area contributed by atoms with Crippen molar-refractivity contribution in [1.29, 1.82) is 0 Å². The smallest absolute Gasteiger partial charge is 0.234 e. The number of carbonyl (C=O) groups is 1. The Morgan fingerprint density at radius 1 is 1.33 bits per heavy atom. The number of ether oxygens (including phenoxy) is 1. The quantitative estimate of drug-likeness (QED) is 0.737. The van der Waals surface area contributed by atoms with Crippen LogP contribution in [0.1, 0.15) is 18.9 Å². The minimum absolute atomic E-state index is 0.0748. The van der Waals surface area contributed by atoms with Crippen LogP contribution >= 0.6 is 23.4 Å². The number of amides is 1. The number of nitrogens with one attached hydrogen (secondary N) is 1. The molecule has 1 aliphatic heterocycles. The molecule has 144 valence electrons. The molecule has 0 atom stereocenters. The number of morpholine rings is 1. The second-order valence-electron chi connectivity index (χ2n) is 6.44. The Morgan fingerprint density at radius 2 is 2.11 bits per heavy atom. The highest BCUT2D eigenvalue weighted by atomic mass is 35.5. The molecule has 1 aromatic carbocycles. The van der Waals surface area contributed by atoms with Crippen LogP contribution < -0.4 is 10.2 Å². The summed E-state index contributed by atoms with van der Waals surface area (Å²) in [5, 5.41) is 12.2. The predicted octanol–water partition coefficient (Wildman–Crippen LogP) is 2.97. The topological polar surface area (TPSA) is 72.3 Å². The number of hydrogen-bond donors (Lipinski definition) is 1. The van der Waals surface area contributed by atoms with Crippen LogP contribution in [0.5, 0.6) is 0 Å². The molecule has 0 bridgehead atoms. The summed E-state index contributed by atoms with van der Waals surface area (Å²) in [6, 6.07) is 4.44. The number of thioether (sulfide) groups is 1. The van der Waals surface area contributed by atoms with E-state index in [2.05, 4.69) is 25.0 Å². The van der Waals surface area contributed by atoms with E-state index in [1.807, 2.05) is 0 Å². The van der Waals surface area contributed by atoms with E-state index in [-0.39, 0.29) is 17.3 Å². The van der Waals surface area contributed by atoms with Crippen LogP contribution in [-0.4, -0.2) is 52.7 Å². The standard InChI is InChI=1S/C17H19ClFN5O2S/c18-11-1-4-13(19)14(9-11)20-15(25)10-27-17-22-21-16(24(17)12-2-3-12)23-5-7-26-8-6-23/h1,4,9,12H,2-3,5-8,10H2,(H,20,25). The Morgan fingerprint density at radius 3 is 2.85 bits per heavy atom. The van der Waals surface area contributed by atoms with Crippen molar-refractivity contribution < 1.29 is 13.9 Å². The highest BCUT2D eigenvalue weighted by molar-refractivity contribution is 7.99. The molecule has 2 aliphatic rings. The van der Waals surface area contributed by atoms with Crippen molar-refractivity contribution in [2.45, 2.75) is 24.0 Å². The van der Waals surface area contributed by atoms with E-state index in [9.17, 15) is 9.18 Å². The van der Waals surface area contributed by atoms with Gasteiger partial charge in [0.2, 0.25) is 11.9 Å². The van der Waals surface area contributed by atoms with E-state index in [1.54, 1.807) is 0 Å². The second-order valence-corrected chi connectivity index (χ2v) is 7.82. The molecule has 2 aromatic rings. The van der Waals surface area contributed by atoms with Gasteiger partial charge < -0.3 is 15.0 Å². The summed E-state index contributed by atoms with van der Waals surface area (Å²) >= 11 is 7.16. The molecule has 7 nitrogen and oxygen atoms in total. The molecule has 1 amide bonds. The first-order valence-electron chi connectivity index (χ1n) is 8.77. The maximum atomic E-state index is 13.8. The number of hydrogen-bond acceptors (Lipinski definition) is 6. The summed E-state index contributed by atoms with van der Waals surface area (Å²) in [5.74, 6) is 0.109. The van der Waals surface area contributed by atoms with Gasteiger partial charge in [-0.25, -0.2) is 4.39 Å². The lowest BCUT2D eigenvalue weighted by Gasteiger charge is -2.27. The molecule has 1 aliphatic carbocycles. The molecule has 4 rings (SSSR count). The van der Waals surface area contributed by atoms with Crippen LogP contribution in [0.15, 0.2) is 23.4 Å². The predicted molar refractivity (Wildman–Crippen MR) is 102 cm³/mol. The van der Waals surface area contributed by atoms with Crippen LogP contribution in [0.2, 0.25) is 5.02 Å². The lowest BCUT2D eigenvalue weighted by Crippen LogP contribution is -2.38.